The summed E-state index contributed by atoms with van der Waals surface area (Å²) >= 11 is 0. The first-order valence-electron chi connectivity index (χ1n) is 7.18. The summed E-state index contributed by atoms with van der Waals surface area (Å²) in [7, 11) is 0. The van der Waals surface area contributed by atoms with E-state index in [-0.39, 0.29) is 0 Å². The van der Waals surface area contributed by atoms with Gasteiger partial charge in [-0.05, 0) is 49.1 Å². The molecule has 0 amide bonds. The van der Waals surface area contributed by atoms with Crippen molar-refractivity contribution in [3.63, 3.8) is 0 Å². The molecule has 2 aliphatic rings. The topological polar surface area (TPSA) is 41.6 Å². The molecule has 2 fully saturated rings. The third-order valence-corrected chi connectivity index (χ3v) is 4.97. The number of aryl methyl sites for hydroxylation is 1. The Morgan fingerprint density at radius 1 is 1.33 bits per heavy atom. The second-order valence-electron chi connectivity index (χ2n) is 5.93. The van der Waals surface area contributed by atoms with Crippen LogP contribution >= 0.6 is 0 Å². The minimum atomic E-state index is 0.669. The molecule has 0 radical (unpaired) electrons. The highest BCUT2D eigenvalue weighted by Crippen LogP contribution is 2.52. The monoisotopic (exact) mass is 241 g/mol. The van der Waals surface area contributed by atoms with Crippen LogP contribution in [-0.2, 0) is 6.42 Å². The van der Waals surface area contributed by atoms with Crippen molar-refractivity contribution in [1.82, 2.24) is 15.0 Å². The van der Waals surface area contributed by atoms with Gasteiger partial charge in [-0.3, -0.25) is 0 Å². The van der Waals surface area contributed by atoms with Gasteiger partial charge in [-0.25, -0.2) is 9.97 Å². The zero-order chi connectivity index (χ0) is 12.1. The number of imidazole rings is 1. The third kappa shape index (κ3) is 1.43. The quantitative estimate of drug-likeness (QED) is 0.875. The number of rotatable bonds is 2. The van der Waals surface area contributed by atoms with Crippen molar-refractivity contribution in [3.05, 3.63) is 23.7 Å². The first-order chi connectivity index (χ1) is 8.85. The van der Waals surface area contributed by atoms with Crippen LogP contribution in [0.3, 0.4) is 0 Å². The number of nitrogens with zero attached hydrogens (tertiary/aromatic N) is 2. The molecule has 3 atom stereocenters. The largest absolute Gasteiger partial charge is 0.340 e. The van der Waals surface area contributed by atoms with Crippen molar-refractivity contribution in [2.24, 2.45) is 11.8 Å². The van der Waals surface area contributed by atoms with Gasteiger partial charge in [0.1, 0.15) is 5.82 Å². The van der Waals surface area contributed by atoms with Crippen molar-refractivity contribution in [2.45, 2.75) is 44.9 Å². The van der Waals surface area contributed by atoms with Crippen molar-refractivity contribution in [1.29, 1.82) is 0 Å². The lowest BCUT2D eigenvalue weighted by atomic mass is 9.88. The van der Waals surface area contributed by atoms with Crippen molar-refractivity contribution in [2.75, 3.05) is 0 Å². The first kappa shape index (κ1) is 10.5. The molecule has 18 heavy (non-hydrogen) atoms. The van der Waals surface area contributed by atoms with E-state index in [1.54, 1.807) is 0 Å². The molecule has 2 aromatic heterocycles. The molecule has 2 saturated carbocycles. The maximum atomic E-state index is 4.76. The highest BCUT2D eigenvalue weighted by atomic mass is 15.0. The number of fused-ring (bicyclic) bond motifs is 3. The van der Waals surface area contributed by atoms with Crippen molar-refractivity contribution in [3.8, 4) is 0 Å². The molecule has 2 heterocycles. The smallest absolute Gasteiger partial charge is 0.177 e. The Kier molecular flexibility index (Phi) is 2.23. The zero-order valence-corrected chi connectivity index (χ0v) is 10.8. The fourth-order valence-electron chi connectivity index (χ4n) is 4.03. The van der Waals surface area contributed by atoms with E-state index in [0.717, 1.165) is 29.4 Å². The first-order valence-corrected chi connectivity index (χ1v) is 7.18. The normalized spacial score (nSPS) is 30.4. The maximum Gasteiger partial charge on any atom is 0.177 e. The van der Waals surface area contributed by atoms with Crippen molar-refractivity contribution < 1.29 is 0 Å². The molecule has 0 aromatic carbocycles. The van der Waals surface area contributed by atoms with E-state index in [0.29, 0.717) is 5.92 Å². The van der Waals surface area contributed by atoms with E-state index >= 15 is 0 Å². The number of pyridine rings is 1. The van der Waals surface area contributed by atoms with Gasteiger partial charge in [-0.2, -0.15) is 0 Å². The minimum Gasteiger partial charge on any atom is -0.340 e. The summed E-state index contributed by atoms with van der Waals surface area (Å²) in [5.74, 6) is 3.71. The molecule has 3 nitrogen and oxygen atoms in total. The Hall–Kier alpha value is -1.38. The summed E-state index contributed by atoms with van der Waals surface area (Å²) < 4.78 is 0. The molecule has 2 aliphatic carbocycles. The van der Waals surface area contributed by atoms with Gasteiger partial charge in [-0.1, -0.05) is 13.3 Å². The van der Waals surface area contributed by atoms with Gasteiger partial charge in [0.05, 0.1) is 5.52 Å². The van der Waals surface area contributed by atoms with E-state index in [2.05, 4.69) is 23.0 Å². The van der Waals surface area contributed by atoms with E-state index < -0.39 is 0 Å². The van der Waals surface area contributed by atoms with E-state index in [4.69, 9.17) is 4.98 Å². The van der Waals surface area contributed by atoms with Gasteiger partial charge in [-0.15, -0.1) is 0 Å². The molecule has 4 rings (SSSR count). The third-order valence-electron chi connectivity index (χ3n) is 4.97. The SMILES string of the molecule is CCc1ccnc2nc(C3CC4CCC3C4)[nH]c12. The summed E-state index contributed by atoms with van der Waals surface area (Å²) in [6.45, 7) is 2.19. The van der Waals surface area contributed by atoms with Crippen molar-refractivity contribution >= 4 is 11.2 Å². The molecular formula is C15H19N3. The molecule has 3 heteroatoms. The molecule has 94 valence electrons. The van der Waals surface area contributed by atoms with E-state index in [1.165, 1.54) is 37.1 Å². The Morgan fingerprint density at radius 3 is 3.00 bits per heavy atom. The van der Waals surface area contributed by atoms with Gasteiger partial charge in [0.2, 0.25) is 0 Å². The molecule has 2 aromatic rings. The Bertz CT molecular complexity index is 586. The van der Waals surface area contributed by atoms with Crippen LogP contribution < -0.4 is 0 Å². The average Bonchev–Trinajstić information content (AvgIpc) is 3.11. The summed E-state index contributed by atoms with van der Waals surface area (Å²) in [6.07, 6.45) is 8.53. The van der Waals surface area contributed by atoms with Gasteiger partial charge in [0.25, 0.3) is 0 Å². The maximum absolute atomic E-state index is 4.76. The standard InChI is InChI=1S/C15H19N3/c1-2-10-5-6-16-15-13(10)17-14(18-15)12-8-9-3-4-11(12)7-9/h5-6,9,11-12H,2-4,7-8H2,1H3,(H,16,17,18). The molecule has 0 spiro atoms. The number of aromatic nitrogens is 3. The predicted molar refractivity (Wildman–Crippen MR) is 71.5 cm³/mol. The Morgan fingerprint density at radius 2 is 2.28 bits per heavy atom. The minimum absolute atomic E-state index is 0.669. The summed E-state index contributed by atoms with van der Waals surface area (Å²) in [4.78, 5) is 12.7. The lowest BCUT2D eigenvalue weighted by molar-refractivity contribution is 0.408. The van der Waals surface area contributed by atoms with Gasteiger partial charge < -0.3 is 4.98 Å². The number of nitrogens with one attached hydrogen (secondary N) is 1. The van der Waals surface area contributed by atoms with Crippen LogP contribution in [0.2, 0.25) is 0 Å². The van der Waals surface area contributed by atoms with Crippen LogP contribution in [0.15, 0.2) is 12.3 Å². The van der Waals surface area contributed by atoms with Crippen LogP contribution in [0, 0.1) is 11.8 Å². The van der Waals surface area contributed by atoms with Crippen LogP contribution in [0.5, 0.6) is 0 Å². The Labute approximate surface area is 107 Å². The number of aromatic amines is 1. The van der Waals surface area contributed by atoms with Crippen LogP contribution in [-0.4, -0.2) is 15.0 Å². The highest BCUT2D eigenvalue weighted by molar-refractivity contribution is 5.74. The molecule has 3 unspecified atom stereocenters. The van der Waals surface area contributed by atoms with E-state index in [9.17, 15) is 0 Å². The fraction of sp³-hybridized carbons (Fsp3) is 0.600. The number of hydrogen-bond acceptors (Lipinski definition) is 2. The molecule has 2 bridgehead atoms. The van der Waals surface area contributed by atoms with Gasteiger partial charge >= 0.3 is 0 Å². The number of hydrogen-bond donors (Lipinski definition) is 1. The number of H-pyrrole nitrogens is 1. The summed E-state index contributed by atoms with van der Waals surface area (Å²) in [5.41, 5.74) is 3.41. The highest BCUT2D eigenvalue weighted by Gasteiger charge is 2.41. The summed E-state index contributed by atoms with van der Waals surface area (Å²) in [5, 5.41) is 0. The van der Waals surface area contributed by atoms with Gasteiger partial charge in [0, 0.05) is 12.1 Å². The lowest BCUT2D eigenvalue weighted by Crippen LogP contribution is -2.09. The lowest BCUT2D eigenvalue weighted by Gasteiger charge is -2.18. The van der Waals surface area contributed by atoms with Gasteiger partial charge in [0.15, 0.2) is 5.65 Å². The summed E-state index contributed by atoms with van der Waals surface area (Å²) in [6, 6.07) is 2.10. The molecule has 0 saturated heterocycles. The molecular weight excluding hydrogens is 222 g/mol. The zero-order valence-electron chi connectivity index (χ0n) is 10.8. The molecule has 1 N–H and O–H groups in total. The van der Waals surface area contributed by atoms with E-state index in [1.807, 2.05) is 6.20 Å². The Balaban J connectivity index is 1.77. The van der Waals surface area contributed by atoms with Crippen LogP contribution in [0.4, 0.5) is 0 Å². The second-order valence-corrected chi connectivity index (χ2v) is 5.93. The predicted octanol–water partition coefficient (Wildman–Crippen LogP) is 3.42. The fourth-order valence-corrected chi connectivity index (χ4v) is 4.03. The second kappa shape index (κ2) is 3.81. The molecule has 0 aliphatic heterocycles. The average molecular weight is 241 g/mol. The van der Waals surface area contributed by atoms with Crippen LogP contribution in [0.1, 0.15) is 49.9 Å². The van der Waals surface area contributed by atoms with Crippen LogP contribution in [0.25, 0.3) is 11.2 Å².